The largest absolute Gasteiger partial charge is 0.414 e. The zero-order valence-corrected chi connectivity index (χ0v) is 33.1. The van der Waals surface area contributed by atoms with Crippen LogP contribution in [0.1, 0.15) is 40.0 Å². The highest BCUT2D eigenvalue weighted by atomic mass is 28.4. The minimum Gasteiger partial charge on any atom is -0.414 e. The van der Waals surface area contributed by atoms with E-state index in [-0.39, 0.29) is 11.3 Å². The van der Waals surface area contributed by atoms with Crippen LogP contribution in [0.4, 0.5) is 0 Å². The standard InChI is InChI=1S/C35H72O14Si/c1-35(2,3)50(4,5)49-33-31-46-29-27-44-25-23-42-21-19-40-17-15-38-13-11-36-10-12-37-14-16-39-18-20-41-22-24-43-26-28-45-30-32-48-34-8-6-7-9-47-34/h34H,6-33H2,1-5H3. The van der Waals surface area contributed by atoms with Crippen molar-refractivity contribution in [2.75, 3.05) is 165 Å². The molecule has 15 heteroatoms. The second-order valence-electron chi connectivity index (χ2n) is 13.0. The van der Waals surface area contributed by atoms with Crippen LogP contribution in [-0.2, 0) is 66.0 Å². The van der Waals surface area contributed by atoms with E-state index in [9.17, 15) is 0 Å². The van der Waals surface area contributed by atoms with Crippen LogP contribution in [0, 0.1) is 0 Å². The van der Waals surface area contributed by atoms with Gasteiger partial charge >= 0.3 is 0 Å². The molecule has 14 nitrogen and oxygen atoms in total. The first-order chi connectivity index (χ1) is 24.3. The average Bonchev–Trinajstić information content (AvgIpc) is 3.09. The second-order valence-corrected chi connectivity index (χ2v) is 17.8. The van der Waals surface area contributed by atoms with Crippen molar-refractivity contribution in [1.29, 1.82) is 0 Å². The van der Waals surface area contributed by atoms with Crippen molar-refractivity contribution < 1.29 is 66.0 Å². The molecule has 1 heterocycles. The molecular weight excluding hydrogens is 672 g/mol. The van der Waals surface area contributed by atoms with E-state index in [1.165, 1.54) is 6.42 Å². The fraction of sp³-hybridized carbons (Fsp3) is 1.00. The molecule has 1 rings (SSSR count). The predicted octanol–water partition coefficient (Wildman–Crippen LogP) is 3.73. The van der Waals surface area contributed by atoms with E-state index in [1.807, 2.05) is 0 Å². The Labute approximate surface area is 303 Å². The average molecular weight is 745 g/mol. The van der Waals surface area contributed by atoms with E-state index < -0.39 is 8.32 Å². The Balaban J connectivity index is 1.63. The summed E-state index contributed by atoms with van der Waals surface area (Å²) in [6, 6.07) is 0. The van der Waals surface area contributed by atoms with Crippen molar-refractivity contribution in [2.24, 2.45) is 0 Å². The molecule has 0 aromatic heterocycles. The quantitative estimate of drug-likeness (QED) is 0.0673. The van der Waals surface area contributed by atoms with E-state index in [2.05, 4.69) is 33.9 Å². The van der Waals surface area contributed by atoms with Gasteiger partial charge in [0.15, 0.2) is 14.6 Å². The smallest absolute Gasteiger partial charge is 0.192 e. The molecule has 1 fully saturated rings. The highest BCUT2D eigenvalue weighted by Gasteiger charge is 2.36. The van der Waals surface area contributed by atoms with Gasteiger partial charge in [-0.3, -0.25) is 0 Å². The molecule has 0 amide bonds. The molecule has 0 aliphatic carbocycles. The molecular formula is C35H72O14Si. The van der Waals surface area contributed by atoms with Gasteiger partial charge in [0.05, 0.1) is 159 Å². The zero-order chi connectivity index (χ0) is 36.3. The maximum atomic E-state index is 6.08. The molecule has 1 unspecified atom stereocenters. The van der Waals surface area contributed by atoms with Gasteiger partial charge in [-0.15, -0.1) is 0 Å². The van der Waals surface area contributed by atoms with E-state index in [0.29, 0.717) is 159 Å². The third kappa shape index (κ3) is 31.2. The van der Waals surface area contributed by atoms with E-state index in [4.69, 9.17) is 66.0 Å². The first kappa shape index (κ1) is 47.7. The summed E-state index contributed by atoms with van der Waals surface area (Å²) in [6.07, 6.45) is 3.19. The lowest BCUT2D eigenvalue weighted by Crippen LogP contribution is -2.41. The Morgan fingerprint density at radius 1 is 0.420 bits per heavy atom. The summed E-state index contributed by atoms with van der Waals surface area (Å²) < 4.78 is 77.8. The van der Waals surface area contributed by atoms with E-state index in [1.54, 1.807) is 0 Å². The maximum absolute atomic E-state index is 6.08. The Hall–Kier alpha value is -0.343. The number of ether oxygens (including phenoxy) is 13. The monoisotopic (exact) mass is 744 g/mol. The molecule has 300 valence electrons. The summed E-state index contributed by atoms with van der Waals surface area (Å²) in [5, 5.41) is 0.216. The van der Waals surface area contributed by atoms with Crippen LogP contribution in [0.25, 0.3) is 0 Å². The first-order valence-electron chi connectivity index (χ1n) is 18.6. The minimum atomic E-state index is -1.70. The molecule has 0 saturated carbocycles. The van der Waals surface area contributed by atoms with Crippen LogP contribution in [0.3, 0.4) is 0 Å². The Morgan fingerprint density at radius 3 is 0.960 bits per heavy atom. The topological polar surface area (TPSA) is 129 Å². The van der Waals surface area contributed by atoms with Gasteiger partial charge in [0, 0.05) is 6.61 Å². The van der Waals surface area contributed by atoms with E-state index in [0.717, 1.165) is 19.4 Å². The zero-order valence-electron chi connectivity index (χ0n) is 32.1. The molecule has 0 aromatic carbocycles. The number of rotatable bonds is 38. The summed E-state index contributed by atoms with van der Waals surface area (Å²) in [6.45, 7) is 24.8. The highest BCUT2D eigenvalue weighted by Crippen LogP contribution is 2.36. The second kappa shape index (κ2) is 34.4. The SMILES string of the molecule is CC(C)(C)[Si](C)(C)OCCOCCOCCOCCOCCOCCOCCOCCOCCOCCOCCOCCOC1CCCCO1. The van der Waals surface area contributed by atoms with E-state index >= 15 is 0 Å². The highest BCUT2D eigenvalue weighted by molar-refractivity contribution is 6.74. The van der Waals surface area contributed by atoms with Crippen molar-refractivity contribution in [1.82, 2.24) is 0 Å². The van der Waals surface area contributed by atoms with Gasteiger partial charge < -0.3 is 66.0 Å². The van der Waals surface area contributed by atoms with Gasteiger partial charge in [0.1, 0.15) is 0 Å². The molecule has 0 spiro atoms. The summed E-state index contributed by atoms with van der Waals surface area (Å²) in [7, 11) is -1.70. The Kier molecular flexibility index (Phi) is 32.8. The van der Waals surface area contributed by atoms with Crippen molar-refractivity contribution in [3.8, 4) is 0 Å². The lowest BCUT2D eigenvalue weighted by molar-refractivity contribution is -0.169. The molecule has 0 radical (unpaired) electrons. The fourth-order valence-corrected chi connectivity index (χ4v) is 4.98. The number of hydrogen-bond donors (Lipinski definition) is 0. The lowest BCUT2D eigenvalue weighted by atomic mass is 10.2. The van der Waals surface area contributed by atoms with Crippen LogP contribution in [0.15, 0.2) is 0 Å². The van der Waals surface area contributed by atoms with Crippen LogP contribution < -0.4 is 0 Å². The summed E-state index contributed by atoms with van der Waals surface area (Å²) in [5.74, 6) is 0. The summed E-state index contributed by atoms with van der Waals surface area (Å²) in [5.41, 5.74) is 0. The Bertz CT molecular complexity index is 695. The molecule has 0 bridgehead atoms. The first-order valence-corrected chi connectivity index (χ1v) is 21.5. The van der Waals surface area contributed by atoms with Crippen molar-refractivity contribution in [3.05, 3.63) is 0 Å². The molecule has 1 aliphatic rings. The molecule has 1 saturated heterocycles. The minimum absolute atomic E-state index is 0.0662. The van der Waals surface area contributed by atoms with Gasteiger partial charge in [-0.25, -0.2) is 0 Å². The molecule has 0 N–H and O–H groups in total. The van der Waals surface area contributed by atoms with Gasteiger partial charge in [-0.1, -0.05) is 20.8 Å². The third-order valence-corrected chi connectivity index (χ3v) is 12.4. The van der Waals surface area contributed by atoms with Crippen LogP contribution in [-0.4, -0.2) is 180 Å². The predicted molar refractivity (Wildman–Crippen MR) is 192 cm³/mol. The molecule has 1 aliphatic heterocycles. The van der Waals surface area contributed by atoms with Gasteiger partial charge in [-0.05, 0) is 37.4 Å². The molecule has 50 heavy (non-hydrogen) atoms. The molecule has 1 atom stereocenters. The normalized spacial score (nSPS) is 15.7. The van der Waals surface area contributed by atoms with Crippen LogP contribution in [0.5, 0.6) is 0 Å². The van der Waals surface area contributed by atoms with Gasteiger partial charge in [0.2, 0.25) is 0 Å². The van der Waals surface area contributed by atoms with Crippen molar-refractivity contribution in [3.63, 3.8) is 0 Å². The summed E-state index contributed by atoms with van der Waals surface area (Å²) >= 11 is 0. The summed E-state index contributed by atoms with van der Waals surface area (Å²) in [4.78, 5) is 0. The van der Waals surface area contributed by atoms with Crippen molar-refractivity contribution >= 4 is 8.32 Å². The van der Waals surface area contributed by atoms with Crippen LogP contribution >= 0.6 is 0 Å². The number of hydrogen-bond acceptors (Lipinski definition) is 14. The van der Waals surface area contributed by atoms with Crippen molar-refractivity contribution in [2.45, 2.75) is 64.5 Å². The Morgan fingerprint density at radius 2 is 0.700 bits per heavy atom. The van der Waals surface area contributed by atoms with Gasteiger partial charge in [0.25, 0.3) is 0 Å². The van der Waals surface area contributed by atoms with Crippen LogP contribution in [0.2, 0.25) is 18.1 Å². The molecule has 0 aromatic rings. The third-order valence-electron chi connectivity index (χ3n) is 7.89. The lowest BCUT2D eigenvalue weighted by Gasteiger charge is -2.36. The van der Waals surface area contributed by atoms with Gasteiger partial charge in [-0.2, -0.15) is 0 Å². The maximum Gasteiger partial charge on any atom is 0.192 e. The fourth-order valence-electron chi connectivity index (χ4n) is 3.95.